The standard InChI is InChI=1S/C27H18ClNO3S3/c1-16-7-12-20-21(13-16)34-24(23(20)28)26(31)32-19-10-8-17(9-11-19)14-22-25(30)29(27(33)35-22)15-18-5-3-2-4-6-18/h2-14H,15H2,1H3/b22-14-. The van der Waals surface area contributed by atoms with Gasteiger partial charge in [-0.15, -0.1) is 11.3 Å². The van der Waals surface area contributed by atoms with E-state index < -0.39 is 5.97 Å². The lowest BCUT2D eigenvalue weighted by Crippen LogP contribution is -2.27. The second-order valence-electron chi connectivity index (χ2n) is 7.96. The van der Waals surface area contributed by atoms with Crippen molar-refractivity contribution in [3.63, 3.8) is 0 Å². The zero-order chi connectivity index (χ0) is 24.5. The molecule has 3 aromatic carbocycles. The molecule has 1 saturated heterocycles. The predicted molar refractivity (Wildman–Crippen MR) is 148 cm³/mol. The highest BCUT2D eigenvalue weighted by molar-refractivity contribution is 8.26. The van der Waals surface area contributed by atoms with E-state index in [2.05, 4.69) is 0 Å². The van der Waals surface area contributed by atoms with Crippen molar-refractivity contribution in [2.75, 3.05) is 0 Å². The molecule has 0 atom stereocenters. The van der Waals surface area contributed by atoms with Gasteiger partial charge in [0.2, 0.25) is 0 Å². The van der Waals surface area contributed by atoms with Crippen molar-refractivity contribution in [2.45, 2.75) is 13.5 Å². The van der Waals surface area contributed by atoms with Gasteiger partial charge in [-0.1, -0.05) is 90.2 Å². The number of thioether (sulfide) groups is 1. The number of benzene rings is 3. The number of carbonyl (C=O) groups excluding carboxylic acids is 2. The molecule has 174 valence electrons. The summed E-state index contributed by atoms with van der Waals surface area (Å²) in [5.41, 5.74) is 2.92. The molecule has 0 aliphatic carbocycles. The highest BCUT2D eigenvalue weighted by atomic mass is 35.5. The lowest BCUT2D eigenvalue weighted by atomic mass is 10.2. The summed E-state index contributed by atoms with van der Waals surface area (Å²) in [5, 5.41) is 1.25. The van der Waals surface area contributed by atoms with Gasteiger partial charge in [0.1, 0.15) is 14.9 Å². The number of carbonyl (C=O) groups is 2. The van der Waals surface area contributed by atoms with Crippen molar-refractivity contribution in [3.05, 3.63) is 104 Å². The van der Waals surface area contributed by atoms with Gasteiger partial charge in [-0.2, -0.15) is 0 Å². The van der Waals surface area contributed by atoms with Crippen LogP contribution in [0.1, 0.15) is 26.4 Å². The Kier molecular flexibility index (Phi) is 6.75. The molecule has 8 heteroatoms. The molecule has 4 nitrogen and oxygen atoms in total. The molecule has 1 fully saturated rings. The van der Waals surface area contributed by atoms with E-state index in [1.165, 1.54) is 23.1 Å². The Morgan fingerprint density at radius 2 is 1.83 bits per heavy atom. The van der Waals surface area contributed by atoms with Crippen LogP contribution in [0.4, 0.5) is 0 Å². The predicted octanol–water partition coefficient (Wildman–Crippen LogP) is 7.48. The van der Waals surface area contributed by atoms with Crippen molar-refractivity contribution in [3.8, 4) is 5.75 Å². The van der Waals surface area contributed by atoms with Crippen molar-refractivity contribution >= 4 is 79.3 Å². The number of aryl methyl sites for hydroxylation is 1. The third-order valence-corrected chi connectivity index (χ3v) is 8.43. The topological polar surface area (TPSA) is 46.6 Å². The molecular formula is C27H18ClNO3S3. The number of halogens is 1. The van der Waals surface area contributed by atoms with Crippen LogP contribution in [0.25, 0.3) is 16.2 Å². The molecule has 35 heavy (non-hydrogen) atoms. The molecule has 0 unspecified atom stereocenters. The molecule has 0 spiro atoms. The van der Waals surface area contributed by atoms with Gasteiger partial charge in [0.25, 0.3) is 5.91 Å². The van der Waals surface area contributed by atoms with E-state index in [4.69, 9.17) is 28.6 Å². The number of amides is 1. The molecule has 0 bridgehead atoms. The first-order valence-electron chi connectivity index (χ1n) is 10.7. The minimum absolute atomic E-state index is 0.117. The van der Waals surface area contributed by atoms with E-state index in [9.17, 15) is 9.59 Å². The average Bonchev–Trinajstić information content (AvgIpc) is 3.31. The number of ether oxygens (including phenoxy) is 1. The largest absolute Gasteiger partial charge is 0.422 e. The summed E-state index contributed by atoms with van der Waals surface area (Å²) >= 11 is 14.5. The summed E-state index contributed by atoms with van der Waals surface area (Å²) < 4.78 is 7.03. The highest BCUT2D eigenvalue weighted by Gasteiger charge is 2.32. The smallest absolute Gasteiger partial charge is 0.355 e. The Bertz CT molecular complexity index is 1490. The van der Waals surface area contributed by atoms with Crippen LogP contribution < -0.4 is 4.74 Å². The molecular weight excluding hydrogens is 518 g/mol. The number of rotatable bonds is 5. The van der Waals surface area contributed by atoms with Gasteiger partial charge in [-0.05, 0) is 47.9 Å². The van der Waals surface area contributed by atoms with E-state index >= 15 is 0 Å². The Morgan fingerprint density at radius 3 is 2.57 bits per heavy atom. The Labute approximate surface area is 221 Å². The maximum absolute atomic E-state index is 12.9. The van der Waals surface area contributed by atoms with Crippen molar-refractivity contribution in [2.24, 2.45) is 0 Å². The van der Waals surface area contributed by atoms with Crippen molar-refractivity contribution < 1.29 is 14.3 Å². The van der Waals surface area contributed by atoms with Gasteiger partial charge >= 0.3 is 5.97 Å². The van der Waals surface area contributed by atoms with Crippen molar-refractivity contribution in [1.82, 2.24) is 4.90 Å². The van der Waals surface area contributed by atoms with Gasteiger partial charge in [0.05, 0.1) is 16.5 Å². The average molecular weight is 536 g/mol. The minimum atomic E-state index is -0.497. The third kappa shape index (κ3) is 5.04. The maximum Gasteiger partial charge on any atom is 0.355 e. The van der Waals surface area contributed by atoms with E-state index in [-0.39, 0.29) is 5.91 Å². The number of thiocarbonyl (C=S) groups is 1. The summed E-state index contributed by atoms with van der Waals surface area (Å²) in [6, 6.07) is 22.6. The van der Waals surface area contributed by atoms with Crippen LogP contribution in [-0.2, 0) is 11.3 Å². The zero-order valence-corrected chi connectivity index (χ0v) is 21.7. The van der Waals surface area contributed by atoms with Gasteiger partial charge < -0.3 is 4.74 Å². The van der Waals surface area contributed by atoms with Crippen LogP contribution in [0.2, 0.25) is 5.02 Å². The molecule has 1 aliphatic heterocycles. The number of nitrogens with zero attached hydrogens (tertiary/aromatic N) is 1. The first-order valence-corrected chi connectivity index (χ1v) is 13.1. The second-order valence-corrected chi connectivity index (χ2v) is 11.1. The lowest BCUT2D eigenvalue weighted by Gasteiger charge is -2.14. The van der Waals surface area contributed by atoms with Crippen LogP contribution >= 0.6 is 46.9 Å². The first-order chi connectivity index (χ1) is 16.9. The lowest BCUT2D eigenvalue weighted by molar-refractivity contribution is -0.122. The maximum atomic E-state index is 12.9. The van der Waals surface area contributed by atoms with Crippen LogP contribution in [0.15, 0.2) is 77.7 Å². The SMILES string of the molecule is Cc1ccc2c(Cl)c(C(=O)Oc3ccc(/C=C4\SC(=S)N(Cc5ccccc5)C4=O)cc3)sc2c1. The van der Waals surface area contributed by atoms with Crippen LogP contribution in [0, 0.1) is 6.92 Å². The van der Waals surface area contributed by atoms with E-state index in [0.29, 0.717) is 31.4 Å². The van der Waals surface area contributed by atoms with Crippen LogP contribution in [0.3, 0.4) is 0 Å². The third-order valence-electron chi connectivity index (χ3n) is 5.42. The molecule has 0 N–H and O–H groups in total. The molecule has 1 amide bonds. The molecule has 1 aromatic heterocycles. The second kappa shape index (κ2) is 9.95. The van der Waals surface area contributed by atoms with Crippen LogP contribution in [0.5, 0.6) is 5.75 Å². The van der Waals surface area contributed by atoms with Crippen LogP contribution in [-0.4, -0.2) is 21.1 Å². The molecule has 4 aromatic rings. The highest BCUT2D eigenvalue weighted by Crippen LogP contribution is 2.37. The number of thiophene rings is 1. The Balaban J connectivity index is 1.28. The van der Waals surface area contributed by atoms with Gasteiger partial charge in [-0.3, -0.25) is 9.69 Å². The van der Waals surface area contributed by atoms with E-state index in [1.54, 1.807) is 35.2 Å². The van der Waals surface area contributed by atoms with Gasteiger partial charge in [-0.25, -0.2) is 4.79 Å². The summed E-state index contributed by atoms with van der Waals surface area (Å²) in [6.07, 6.45) is 1.79. The fraction of sp³-hybridized carbons (Fsp3) is 0.0741. The summed E-state index contributed by atoms with van der Waals surface area (Å²) in [6.45, 7) is 2.44. The Hall–Kier alpha value is -2.97. The Morgan fingerprint density at radius 1 is 1.09 bits per heavy atom. The first kappa shape index (κ1) is 23.8. The fourth-order valence-corrected chi connectivity index (χ4v) is 6.38. The number of fused-ring (bicyclic) bond motifs is 1. The summed E-state index contributed by atoms with van der Waals surface area (Å²) in [5.74, 6) is -0.217. The summed E-state index contributed by atoms with van der Waals surface area (Å²) in [7, 11) is 0. The minimum Gasteiger partial charge on any atom is -0.422 e. The normalized spacial score (nSPS) is 14.8. The quantitative estimate of drug-likeness (QED) is 0.115. The number of esters is 1. The molecule has 0 saturated carbocycles. The molecule has 2 heterocycles. The van der Waals surface area contributed by atoms with E-state index in [1.807, 2.05) is 55.5 Å². The monoisotopic (exact) mass is 535 g/mol. The van der Waals surface area contributed by atoms with Gasteiger partial charge in [0, 0.05) is 10.1 Å². The van der Waals surface area contributed by atoms with E-state index in [0.717, 1.165) is 26.8 Å². The number of hydrogen-bond donors (Lipinski definition) is 0. The van der Waals surface area contributed by atoms with Gasteiger partial charge in [0.15, 0.2) is 0 Å². The zero-order valence-electron chi connectivity index (χ0n) is 18.5. The number of hydrogen-bond acceptors (Lipinski definition) is 6. The summed E-state index contributed by atoms with van der Waals surface area (Å²) in [4.78, 5) is 28.2. The molecule has 5 rings (SSSR count). The van der Waals surface area contributed by atoms with Crippen molar-refractivity contribution in [1.29, 1.82) is 0 Å². The fourth-order valence-electron chi connectivity index (χ4n) is 3.64. The molecule has 1 aliphatic rings. The molecule has 0 radical (unpaired) electrons.